The molecule has 5 nitrogen and oxygen atoms in total. The second kappa shape index (κ2) is 7.87. The highest BCUT2D eigenvalue weighted by molar-refractivity contribution is 5.79. The van der Waals surface area contributed by atoms with Crippen molar-refractivity contribution in [2.75, 3.05) is 0 Å². The standard InChI is InChI=1S/C21H19F3N2O3/c22-12-7-18(23)17(19(24)8-12)10-26-11-25-21(28)16-9-15(5-6-20(16)26)29-14-3-1-13(27)2-4-14/h5-9,11,13-14,27H,1-4,10H2. The van der Waals surface area contributed by atoms with Crippen LogP contribution in [0.25, 0.3) is 10.9 Å². The quantitative estimate of drug-likeness (QED) is 0.723. The lowest BCUT2D eigenvalue weighted by molar-refractivity contribution is 0.0666. The largest absolute Gasteiger partial charge is 0.490 e. The molecule has 0 aliphatic heterocycles. The summed E-state index contributed by atoms with van der Waals surface area (Å²) in [5.74, 6) is -2.51. The first kappa shape index (κ1) is 19.4. The molecule has 152 valence electrons. The van der Waals surface area contributed by atoms with Gasteiger partial charge in [-0.05, 0) is 43.9 Å². The molecule has 1 N–H and O–H groups in total. The van der Waals surface area contributed by atoms with Gasteiger partial charge in [-0.2, -0.15) is 4.98 Å². The molecule has 8 heteroatoms. The fourth-order valence-corrected chi connectivity index (χ4v) is 3.64. The van der Waals surface area contributed by atoms with Crippen LogP contribution in [0, 0.1) is 17.5 Å². The number of benzene rings is 2. The van der Waals surface area contributed by atoms with E-state index in [1.807, 2.05) is 0 Å². The zero-order valence-corrected chi connectivity index (χ0v) is 15.4. The average Bonchev–Trinajstić information content (AvgIpc) is 2.68. The molecule has 0 unspecified atom stereocenters. The van der Waals surface area contributed by atoms with Crippen molar-refractivity contribution in [1.82, 2.24) is 9.55 Å². The van der Waals surface area contributed by atoms with Crippen molar-refractivity contribution in [2.24, 2.45) is 0 Å². The van der Waals surface area contributed by atoms with Crippen molar-refractivity contribution in [2.45, 2.75) is 44.4 Å². The number of aliphatic hydroxyl groups is 1. The number of aliphatic hydroxyl groups excluding tert-OH is 1. The van der Waals surface area contributed by atoms with Crippen molar-refractivity contribution < 1.29 is 23.0 Å². The van der Waals surface area contributed by atoms with Crippen LogP contribution in [0.3, 0.4) is 0 Å². The van der Waals surface area contributed by atoms with Crippen LogP contribution in [0.1, 0.15) is 31.2 Å². The zero-order chi connectivity index (χ0) is 20.5. The summed E-state index contributed by atoms with van der Waals surface area (Å²) in [6, 6.07) is 6.10. The minimum atomic E-state index is -1.01. The van der Waals surface area contributed by atoms with Gasteiger partial charge in [0.1, 0.15) is 23.2 Å². The Morgan fingerprint density at radius 2 is 1.76 bits per heavy atom. The lowest BCUT2D eigenvalue weighted by Gasteiger charge is -2.26. The van der Waals surface area contributed by atoms with Crippen molar-refractivity contribution in [1.29, 1.82) is 0 Å². The maximum atomic E-state index is 14.0. The molecule has 0 bridgehead atoms. The molecule has 0 saturated heterocycles. The number of nitrogens with zero attached hydrogens (tertiary/aromatic N) is 2. The van der Waals surface area contributed by atoms with Gasteiger partial charge < -0.3 is 14.4 Å². The molecule has 2 aromatic carbocycles. The van der Waals surface area contributed by atoms with Gasteiger partial charge in [0, 0.05) is 17.7 Å². The number of hydrogen-bond acceptors (Lipinski definition) is 4. The Balaban J connectivity index is 1.65. The molecule has 1 heterocycles. The van der Waals surface area contributed by atoms with Gasteiger partial charge in [0.15, 0.2) is 0 Å². The van der Waals surface area contributed by atoms with E-state index >= 15 is 0 Å². The van der Waals surface area contributed by atoms with E-state index < -0.39 is 23.0 Å². The van der Waals surface area contributed by atoms with E-state index in [2.05, 4.69) is 4.98 Å². The van der Waals surface area contributed by atoms with Crippen molar-refractivity contribution in [3.8, 4) is 5.75 Å². The van der Waals surface area contributed by atoms with E-state index in [9.17, 15) is 23.1 Å². The van der Waals surface area contributed by atoms with E-state index in [0.29, 0.717) is 36.2 Å². The Kier molecular flexibility index (Phi) is 5.27. The Bertz CT molecular complexity index is 1090. The molecule has 1 aromatic heterocycles. The summed E-state index contributed by atoms with van der Waals surface area (Å²) in [6.07, 6.45) is 3.64. The van der Waals surface area contributed by atoms with Gasteiger partial charge >= 0.3 is 0 Å². The molecule has 1 fully saturated rings. The summed E-state index contributed by atoms with van der Waals surface area (Å²) in [5.41, 5.74) is -0.375. The summed E-state index contributed by atoms with van der Waals surface area (Å²) in [6.45, 7) is -0.248. The van der Waals surface area contributed by atoms with Crippen LogP contribution < -0.4 is 10.3 Å². The minimum Gasteiger partial charge on any atom is -0.490 e. The van der Waals surface area contributed by atoms with Gasteiger partial charge in [0.2, 0.25) is 0 Å². The molecule has 0 amide bonds. The number of rotatable bonds is 4. The van der Waals surface area contributed by atoms with Gasteiger partial charge in [-0.15, -0.1) is 0 Å². The van der Waals surface area contributed by atoms with Crippen molar-refractivity contribution in [3.05, 3.63) is 70.0 Å². The SMILES string of the molecule is O=c1ncn(Cc2c(F)cc(F)cc2F)c2ccc(OC3CCC(O)CC3)cc12. The molecule has 1 aliphatic rings. The van der Waals surface area contributed by atoms with E-state index in [-0.39, 0.29) is 29.7 Å². The highest BCUT2D eigenvalue weighted by atomic mass is 19.1. The normalized spacial score (nSPS) is 19.4. The molecule has 0 atom stereocenters. The molecular formula is C21H19F3N2O3. The highest BCUT2D eigenvalue weighted by Gasteiger charge is 2.21. The van der Waals surface area contributed by atoms with Gasteiger partial charge in [-0.3, -0.25) is 4.79 Å². The number of halogens is 3. The smallest absolute Gasteiger partial charge is 0.280 e. The van der Waals surface area contributed by atoms with Crippen molar-refractivity contribution in [3.63, 3.8) is 0 Å². The number of ether oxygens (including phenoxy) is 1. The Morgan fingerprint density at radius 1 is 1.07 bits per heavy atom. The molecule has 29 heavy (non-hydrogen) atoms. The molecule has 0 radical (unpaired) electrons. The molecular weight excluding hydrogens is 385 g/mol. The van der Waals surface area contributed by atoms with Crippen molar-refractivity contribution >= 4 is 10.9 Å². The summed E-state index contributed by atoms with van der Waals surface area (Å²) in [7, 11) is 0. The average molecular weight is 404 g/mol. The first-order chi connectivity index (χ1) is 13.9. The summed E-state index contributed by atoms with van der Waals surface area (Å²) in [4.78, 5) is 16.0. The molecule has 1 aliphatic carbocycles. The zero-order valence-electron chi connectivity index (χ0n) is 15.4. The van der Waals surface area contributed by atoms with Crippen LogP contribution >= 0.6 is 0 Å². The van der Waals surface area contributed by atoms with Crippen LogP contribution in [-0.2, 0) is 6.54 Å². The maximum Gasteiger partial charge on any atom is 0.280 e. The van der Waals surface area contributed by atoms with Gasteiger partial charge in [0.25, 0.3) is 5.56 Å². The monoisotopic (exact) mass is 404 g/mol. The maximum absolute atomic E-state index is 14.0. The number of aromatic nitrogens is 2. The lowest BCUT2D eigenvalue weighted by Crippen LogP contribution is -2.26. The van der Waals surface area contributed by atoms with Crippen LogP contribution in [0.2, 0.25) is 0 Å². The third-order valence-corrected chi connectivity index (χ3v) is 5.20. The summed E-state index contributed by atoms with van der Waals surface area (Å²) < 4.78 is 48.5. The number of hydrogen-bond donors (Lipinski definition) is 1. The highest BCUT2D eigenvalue weighted by Crippen LogP contribution is 2.26. The van der Waals surface area contributed by atoms with E-state index in [0.717, 1.165) is 12.8 Å². The Morgan fingerprint density at radius 3 is 2.45 bits per heavy atom. The second-order valence-electron chi connectivity index (χ2n) is 7.25. The van der Waals surface area contributed by atoms with Crippen LogP contribution in [0.15, 0.2) is 41.5 Å². The van der Waals surface area contributed by atoms with E-state index in [1.54, 1.807) is 18.2 Å². The van der Waals surface area contributed by atoms with Gasteiger partial charge in [0.05, 0.1) is 36.0 Å². The fraction of sp³-hybridized carbons (Fsp3) is 0.333. The predicted octanol–water partition coefficient (Wildman–Crippen LogP) is 3.54. The number of fused-ring (bicyclic) bond motifs is 1. The van der Waals surface area contributed by atoms with Crippen LogP contribution in [0.5, 0.6) is 5.75 Å². The lowest BCUT2D eigenvalue weighted by atomic mass is 9.95. The topological polar surface area (TPSA) is 64.4 Å². The van der Waals surface area contributed by atoms with E-state index in [1.165, 1.54) is 10.9 Å². The molecule has 4 rings (SSSR count). The third kappa shape index (κ3) is 4.12. The predicted molar refractivity (Wildman–Crippen MR) is 100 cm³/mol. The minimum absolute atomic E-state index is 0.0443. The fourth-order valence-electron chi connectivity index (χ4n) is 3.64. The Hall–Kier alpha value is -2.87. The third-order valence-electron chi connectivity index (χ3n) is 5.20. The molecule has 1 saturated carbocycles. The summed E-state index contributed by atoms with van der Waals surface area (Å²) in [5, 5.41) is 9.85. The van der Waals surface area contributed by atoms with Crippen LogP contribution in [0.4, 0.5) is 13.2 Å². The Labute approximate surface area is 164 Å². The summed E-state index contributed by atoms with van der Waals surface area (Å²) >= 11 is 0. The molecule has 3 aromatic rings. The first-order valence-corrected chi connectivity index (χ1v) is 9.38. The second-order valence-corrected chi connectivity index (χ2v) is 7.25. The van der Waals surface area contributed by atoms with Gasteiger partial charge in [-0.1, -0.05) is 0 Å². The van der Waals surface area contributed by atoms with Crippen LogP contribution in [-0.4, -0.2) is 26.9 Å². The first-order valence-electron chi connectivity index (χ1n) is 9.38. The molecule has 0 spiro atoms. The van der Waals surface area contributed by atoms with E-state index in [4.69, 9.17) is 4.74 Å². The van der Waals surface area contributed by atoms with Gasteiger partial charge in [-0.25, -0.2) is 13.2 Å².